The van der Waals surface area contributed by atoms with E-state index in [1.165, 1.54) is 77.7 Å². The molecule has 0 saturated heterocycles. The van der Waals surface area contributed by atoms with Crippen LogP contribution in [-0.4, -0.2) is 19.1 Å². The van der Waals surface area contributed by atoms with Gasteiger partial charge in [-0.05, 0) is 6.42 Å². The van der Waals surface area contributed by atoms with Gasteiger partial charge in [-0.2, -0.15) is 0 Å². The highest BCUT2D eigenvalue weighted by Crippen LogP contribution is 2.12. The van der Waals surface area contributed by atoms with E-state index in [2.05, 4.69) is 11.7 Å². The Balaban J connectivity index is 3.11. The molecule has 3 nitrogen and oxygen atoms in total. The Labute approximate surface area is 125 Å². The molecular weight excluding hydrogens is 250 g/mol. The molecule has 0 aromatic heterocycles. The largest absolute Gasteiger partial charge is 0.468 e. The third-order valence-electron chi connectivity index (χ3n) is 3.87. The predicted octanol–water partition coefficient (Wildman–Crippen LogP) is 4.58. The molecule has 0 fully saturated rings. The van der Waals surface area contributed by atoms with Crippen LogP contribution >= 0.6 is 0 Å². The van der Waals surface area contributed by atoms with Crippen LogP contribution in [0.5, 0.6) is 0 Å². The zero-order valence-electron chi connectivity index (χ0n) is 13.7. The Bertz CT molecular complexity index is 219. The highest BCUT2D eigenvalue weighted by molar-refractivity contribution is 5.75. The summed E-state index contributed by atoms with van der Waals surface area (Å²) in [5, 5.41) is 0. The van der Waals surface area contributed by atoms with Gasteiger partial charge in [-0.3, -0.25) is 4.79 Å². The molecule has 0 rings (SSSR count). The van der Waals surface area contributed by atoms with Crippen LogP contribution in [0.1, 0.15) is 90.4 Å². The number of ether oxygens (including phenoxy) is 1. The molecule has 0 aromatic carbocycles. The molecule has 0 aliphatic rings. The van der Waals surface area contributed by atoms with Crippen LogP contribution in [0, 0.1) is 0 Å². The maximum Gasteiger partial charge on any atom is 0.322 e. The summed E-state index contributed by atoms with van der Waals surface area (Å²) in [7, 11) is 1.39. The lowest BCUT2D eigenvalue weighted by molar-refractivity contribution is -0.142. The summed E-state index contributed by atoms with van der Waals surface area (Å²) >= 11 is 0. The Morgan fingerprint density at radius 1 is 0.850 bits per heavy atom. The SMILES string of the molecule is CCCCCCCCCCCCCCC(N)C(=O)OC. The van der Waals surface area contributed by atoms with Crippen LogP contribution in [0.4, 0.5) is 0 Å². The van der Waals surface area contributed by atoms with E-state index in [1.54, 1.807) is 0 Å². The molecule has 120 valence electrons. The molecule has 0 bridgehead atoms. The van der Waals surface area contributed by atoms with E-state index in [1.807, 2.05) is 0 Å². The molecule has 0 saturated carbocycles. The van der Waals surface area contributed by atoms with Gasteiger partial charge in [-0.15, -0.1) is 0 Å². The molecule has 0 aliphatic heterocycles. The van der Waals surface area contributed by atoms with Crippen molar-refractivity contribution in [3.63, 3.8) is 0 Å². The summed E-state index contributed by atoms with van der Waals surface area (Å²) < 4.78 is 4.61. The fourth-order valence-corrected chi connectivity index (χ4v) is 2.47. The van der Waals surface area contributed by atoms with Gasteiger partial charge in [-0.1, -0.05) is 84.0 Å². The summed E-state index contributed by atoms with van der Waals surface area (Å²) in [5.74, 6) is -0.284. The van der Waals surface area contributed by atoms with E-state index in [0.29, 0.717) is 0 Å². The van der Waals surface area contributed by atoms with Crippen molar-refractivity contribution in [1.82, 2.24) is 0 Å². The topological polar surface area (TPSA) is 52.3 Å². The summed E-state index contributed by atoms with van der Waals surface area (Å²) in [6.45, 7) is 2.26. The molecular formula is C17H35NO2. The summed E-state index contributed by atoms with van der Waals surface area (Å²) in [6.07, 6.45) is 16.7. The zero-order valence-corrected chi connectivity index (χ0v) is 13.7. The fraction of sp³-hybridized carbons (Fsp3) is 0.941. The number of nitrogens with two attached hydrogens (primary N) is 1. The summed E-state index contributed by atoms with van der Waals surface area (Å²) in [4.78, 5) is 11.1. The Kier molecular flexibility index (Phi) is 14.4. The van der Waals surface area contributed by atoms with Gasteiger partial charge >= 0.3 is 5.97 Å². The lowest BCUT2D eigenvalue weighted by Crippen LogP contribution is -2.31. The van der Waals surface area contributed by atoms with Crippen LogP contribution in [-0.2, 0) is 9.53 Å². The monoisotopic (exact) mass is 285 g/mol. The second-order valence-electron chi connectivity index (χ2n) is 5.81. The Hall–Kier alpha value is -0.570. The minimum absolute atomic E-state index is 0.284. The van der Waals surface area contributed by atoms with Crippen LogP contribution < -0.4 is 5.73 Å². The zero-order chi connectivity index (χ0) is 15.1. The smallest absolute Gasteiger partial charge is 0.322 e. The number of esters is 1. The van der Waals surface area contributed by atoms with E-state index in [0.717, 1.165) is 12.8 Å². The van der Waals surface area contributed by atoms with Gasteiger partial charge in [0.15, 0.2) is 0 Å². The second kappa shape index (κ2) is 14.8. The van der Waals surface area contributed by atoms with Crippen LogP contribution in [0.25, 0.3) is 0 Å². The average molecular weight is 285 g/mol. The maximum absolute atomic E-state index is 11.1. The predicted molar refractivity (Wildman–Crippen MR) is 85.7 cm³/mol. The summed E-state index contributed by atoms with van der Waals surface area (Å²) in [6, 6.07) is -0.428. The minimum Gasteiger partial charge on any atom is -0.468 e. The Morgan fingerprint density at radius 2 is 1.25 bits per heavy atom. The van der Waals surface area contributed by atoms with Gasteiger partial charge in [0.2, 0.25) is 0 Å². The van der Waals surface area contributed by atoms with Crippen molar-refractivity contribution in [2.45, 2.75) is 96.4 Å². The van der Waals surface area contributed by atoms with Gasteiger partial charge in [0, 0.05) is 0 Å². The maximum atomic E-state index is 11.1. The minimum atomic E-state index is -0.428. The van der Waals surface area contributed by atoms with Crippen molar-refractivity contribution in [3.05, 3.63) is 0 Å². The van der Waals surface area contributed by atoms with Crippen molar-refractivity contribution in [2.24, 2.45) is 5.73 Å². The second-order valence-corrected chi connectivity index (χ2v) is 5.81. The first-order valence-corrected chi connectivity index (χ1v) is 8.55. The van der Waals surface area contributed by atoms with E-state index in [-0.39, 0.29) is 5.97 Å². The third kappa shape index (κ3) is 12.5. The van der Waals surface area contributed by atoms with Crippen molar-refractivity contribution in [2.75, 3.05) is 7.11 Å². The highest BCUT2D eigenvalue weighted by atomic mass is 16.5. The first-order chi connectivity index (χ1) is 9.72. The molecule has 0 heterocycles. The number of rotatable bonds is 14. The van der Waals surface area contributed by atoms with Gasteiger partial charge in [0.05, 0.1) is 7.11 Å². The molecule has 0 radical (unpaired) electrons. The van der Waals surface area contributed by atoms with Crippen molar-refractivity contribution >= 4 is 5.97 Å². The number of unbranched alkanes of at least 4 members (excludes halogenated alkanes) is 11. The number of carbonyl (C=O) groups excluding carboxylic acids is 1. The molecule has 20 heavy (non-hydrogen) atoms. The molecule has 0 amide bonds. The number of hydrogen-bond donors (Lipinski definition) is 1. The molecule has 1 unspecified atom stereocenters. The standard InChI is InChI=1S/C17H35NO2/c1-3-4-5-6-7-8-9-10-11-12-13-14-15-16(18)17(19)20-2/h16H,3-15,18H2,1-2H3. The highest BCUT2D eigenvalue weighted by Gasteiger charge is 2.12. The van der Waals surface area contributed by atoms with Crippen molar-refractivity contribution in [1.29, 1.82) is 0 Å². The van der Waals surface area contributed by atoms with Crippen LogP contribution in [0.15, 0.2) is 0 Å². The first-order valence-electron chi connectivity index (χ1n) is 8.55. The third-order valence-corrected chi connectivity index (χ3v) is 3.87. The Morgan fingerprint density at radius 3 is 1.65 bits per heavy atom. The van der Waals surface area contributed by atoms with Gasteiger partial charge < -0.3 is 10.5 Å². The van der Waals surface area contributed by atoms with E-state index >= 15 is 0 Å². The molecule has 2 N–H and O–H groups in total. The lowest BCUT2D eigenvalue weighted by Gasteiger charge is -2.08. The molecule has 3 heteroatoms. The van der Waals surface area contributed by atoms with Crippen LogP contribution in [0.3, 0.4) is 0 Å². The van der Waals surface area contributed by atoms with Crippen molar-refractivity contribution < 1.29 is 9.53 Å². The van der Waals surface area contributed by atoms with E-state index in [4.69, 9.17) is 5.73 Å². The van der Waals surface area contributed by atoms with Gasteiger partial charge in [-0.25, -0.2) is 0 Å². The number of methoxy groups -OCH3 is 1. The normalized spacial score (nSPS) is 12.3. The van der Waals surface area contributed by atoms with E-state index in [9.17, 15) is 4.79 Å². The molecule has 0 aliphatic carbocycles. The molecule has 0 aromatic rings. The van der Waals surface area contributed by atoms with Gasteiger partial charge in [0.1, 0.15) is 6.04 Å². The average Bonchev–Trinajstić information content (AvgIpc) is 2.47. The van der Waals surface area contributed by atoms with E-state index < -0.39 is 6.04 Å². The molecule has 1 atom stereocenters. The number of hydrogen-bond acceptors (Lipinski definition) is 3. The molecule has 0 spiro atoms. The van der Waals surface area contributed by atoms with Crippen LogP contribution in [0.2, 0.25) is 0 Å². The first kappa shape index (κ1) is 19.4. The lowest BCUT2D eigenvalue weighted by atomic mass is 10.0. The van der Waals surface area contributed by atoms with Gasteiger partial charge in [0.25, 0.3) is 0 Å². The number of carbonyl (C=O) groups is 1. The quantitative estimate of drug-likeness (QED) is 0.375. The summed E-state index contributed by atoms with van der Waals surface area (Å²) in [5.41, 5.74) is 5.68. The van der Waals surface area contributed by atoms with Crippen molar-refractivity contribution in [3.8, 4) is 0 Å². The fourth-order valence-electron chi connectivity index (χ4n) is 2.47.